The first kappa shape index (κ1) is 15.3. The average Bonchev–Trinajstić information content (AvgIpc) is 3.20. The highest BCUT2D eigenvalue weighted by Gasteiger charge is 2.11. The molecule has 0 aliphatic rings. The third kappa shape index (κ3) is 4.21. The van der Waals surface area contributed by atoms with Crippen LogP contribution < -0.4 is 10.6 Å². The second-order valence-corrected chi connectivity index (χ2v) is 6.28. The zero-order valence-electron chi connectivity index (χ0n) is 11.9. The van der Waals surface area contributed by atoms with Crippen LogP contribution in [0.1, 0.15) is 16.1 Å². The first-order chi connectivity index (χ1) is 11.2. The van der Waals surface area contributed by atoms with Gasteiger partial charge in [-0.3, -0.25) is 14.9 Å². The van der Waals surface area contributed by atoms with Gasteiger partial charge in [-0.2, -0.15) is 0 Å². The van der Waals surface area contributed by atoms with Gasteiger partial charge in [0.2, 0.25) is 5.91 Å². The lowest BCUT2D eigenvalue weighted by Gasteiger charge is -2.01. The number of hydrogen-bond donors (Lipinski definition) is 2. The van der Waals surface area contributed by atoms with E-state index in [1.54, 1.807) is 41.2 Å². The van der Waals surface area contributed by atoms with Crippen LogP contribution in [0.15, 0.2) is 47.3 Å². The maximum absolute atomic E-state index is 12.0. The summed E-state index contributed by atoms with van der Waals surface area (Å²) in [6, 6.07) is 8.90. The summed E-state index contributed by atoms with van der Waals surface area (Å²) in [5, 5.41) is 9.98. The van der Waals surface area contributed by atoms with Crippen molar-refractivity contribution >= 4 is 44.8 Å². The number of thiazole rings is 2. The number of anilines is 2. The minimum absolute atomic E-state index is 0.136. The van der Waals surface area contributed by atoms with E-state index in [1.165, 1.54) is 22.7 Å². The summed E-state index contributed by atoms with van der Waals surface area (Å²) >= 11 is 2.64. The van der Waals surface area contributed by atoms with Crippen LogP contribution >= 0.6 is 22.7 Å². The standard InChI is InChI=1S/C15H12N4O2S2/c20-12(18-14-16-6-7-22-14)8-11-9-23-15(17-11)19-13(21)10-4-2-1-3-5-10/h1-7,9H,8H2,(H,16,18,20)(H,17,19,21). The van der Waals surface area contributed by atoms with E-state index in [-0.39, 0.29) is 18.2 Å². The van der Waals surface area contributed by atoms with E-state index in [4.69, 9.17) is 0 Å². The Kier molecular flexibility index (Phi) is 4.74. The molecule has 0 aliphatic carbocycles. The molecule has 2 heterocycles. The number of nitrogens with zero attached hydrogens (tertiary/aromatic N) is 2. The molecular weight excluding hydrogens is 332 g/mol. The zero-order chi connectivity index (χ0) is 16.1. The molecule has 2 N–H and O–H groups in total. The Morgan fingerprint density at radius 1 is 1.04 bits per heavy atom. The van der Waals surface area contributed by atoms with Gasteiger partial charge in [-0.25, -0.2) is 9.97 Å². The van der Waals surface area contributed by atoms with E-state index < -0.39 is 0 Å². The first-order valence-corrected chi connectivity index (χ1v) is 8.47. The lowest BCUT2D eigenvalue weighted by molar-refractivity contribution is -0.115. The van der Waals surface area contributed by atoms with E-state index in [2.05, 4.69) is 20.6 Å². The normalized spacial score (nSPS) is 10.3. The summed E-state index contributed by atoms with van der Waals surface area (Å²) in [6.07, 6.45) is 1.76. The molecule has 2 aromatic heterocycles. The Balaban J connectivity index is 1.57. The molecule has 0 saturated heterocycles. The van der Waals surface area contributed by atoms with Crippen molar-refractivity contribution in [3.63, 3.8) is 0 Å². The number of amides is 2. The number of nitrogens with one attached hydrogen (secondary N) is 2. The Hall–Kier alpha value is -2.58. The highest BCUT2D eigenvalue weighted by atomic mass is 32.1. The van der Waals surface area contributed by atoms with E-state index in [0.717, 1.165) is 0 Å². The molecule has 0 bridgehead atoms. The highest BCUT2D eigenvalue weighted by Crippen LogP contribution is 2.18. The largest absolute Gasteiger partial charge is 0.302 e. The van der Waals surface area contributed by atoms with Gasteiger partial charge in [0, 0.05) is 22.5 Å². The molecule has 2 amide bonds. The van der Waals surface area contributed by atoms with E-state index >= 15 is 0 Å². The van der Waals surface area contributed by atoms with Crippen LogP contribution in [-0.4, -0.2) is 21.8 Å². The zero-order valence-corrected chi connectivity index (χ0v) is 13.5. The van der Waals surface area contributed by atoms with Gasteiger partial charge in [0.25, 0.3) is 5.91 Å². The van der Waals surface area contributed by atoms with Crippen molar-refractivity contribution in [1.82, 2.24) is 9.97 Å². The van der Waals surface area contributed by atoms with Crippen molar-refractivity contribution in [2.75, 3.05) is 10.6 Å². The lowest BCUT2D eigenvalue weighted by atomic mass is 10.2. The van der Waals surface area contributed by atoms with E-state index in [1.807, 2.05) is 6.07 Å². The van der Waals surface area contributed by atoms with Gasteiger partial charge in [0.05, 0.1) is 12.1 Å². The smallest absolute Gasteiger partial charge is 0.257 e. The minimum atomic E-state index is -0.223. The van der Waals surface area contributed by atoms with Crippen molar-refractivity contribution in [3.8, 4) is 0 Å². The quantitative estimate of drug-likeness (QED) is 0.745. The number of aromatic nitrogens is 2. The Morgan fingerprint density at radius 2 is 1.87 bits per heavy atom. The topological polar surface area (TPSA) is 84.0 Å². The summed E-state index contributed by atoms with van der Waals surface area (Å²) in [4.78, 5) is 32.1. The highest BCUT2D eigenvalue weighted by molar-refractivity contribution is 7.14. The lowest BCUT2D eigenvalue weighted by Crippen LogP contribution is -2.15. The van der Waals surface area contributed by atoms with Crippen molar-refractivity contribution < 1.29 is 9.59 Å². The average molecular weight is 344 g/mol. The Bertz CT molecular complexity index is 800. The van der Waals surface area contributed by atoms with Crippen molar-refractivity contribution in [1.29, 1.82) is 0 Å². The van der Waals surface area contributed by atoms with Crippen molar-refractivity contribution in [2.24, 2.45) is 0 Å². The molecule has 6 nitrogen and oxygen atoms in total. The summed E-state index contributed by atoms with van der Waals surface area (Å²) in [5.41, 5.74) is 1.16. The maximum atomic E-state index is 12.0. The van der Waals surface area contributed by atoms with Gasteiger partial charge in [-0.15, -0.1) is 22.7 Å². The van der Waals surface area contributed by atoms with Crippen molar-refractivity contribution in [3.05, 3.63) is 58.5 Å². The predicted molar refractivity (Wildman–Crippen MR) is 91.0 cm³/mol. The molecule has 3 aromatic rings. The Labute approximate surface area is 140 Å². The van der Waals surface area contributed by atoms with Gasteiger partial charge in [-0.1, -0.05) is 18.2 Å². The molecule has 0 fully saturated rings. The minimum Gasteiger partial charge on any atom is -0.302 e. The van der Waals surface area contributed by atoms with Crippen LogP contribution in [-0.2, 0) is 11.2 Å². The molecule has 0 radical (unpaired) electrons. The van der Waals surface area contributed by atoms with Crippen LogP contribution in [0.2, 0.25) is 0 Å². The third-order valence-corrected chi connectivity index (χ3v) is 4.32. The van der Waals surface area contributed by atoms with Crippen LogP contribution in [0.5, 0.6) is 0 Å². The molecule has 0 saturated carbocycles. The van der Waals surface area contributed by atoms with Gasteiger partial charge in [0.15, 0.2) is 10.3 Å². The second kappa shape index (κ2) is 7.12. The molecule has 3 rings (SSSR count). The number of hydrogen-bond acceptors (Lipinski definition) is 6. The van der Waals surface area contributed by atoms with Gasteiger partial charge in [0.1, 0.15) is 0 Å². The van der Waals surface area contributed by atoms with Crippen LogP contribution in [0.25, 0.3) is 0 Å². The summed E-state index contributed by atoms with van der Waals surface area (Å²) in [7, 11) is 0. The molecule has 8 heteroatoms. The molecule has 0 unspecified atom stereocenters. The molecule has 1 aromatic carbocycles. The van der Waals surface area contributed by atoms with Crippen molar-refractivity contribution in [2.45, 2.75) is 6.42 Å². The fourth-order valence-corrected chi connectivity index (χ4v) is 3.07. The summed E-state index contributed by atoms with van der Waals surface area (Å²) in [5.74, 6) is -0.412. The molecule has 116 valence electrons. The molecular formula is C15H12N4O2S2. The monoisotopic (exact) mass is 344 g/mol. The van der Waals surface area contributed by atoms with Gasteiger partial charge < -0.3 is 5.32 Å². The van der Waals surface area contributed by atoms with Gasteiger partial charge >= 0.3 is 0 Å². The maximum Gasteiger partial charge on any atom is 0.257 e. The predicted octanol–water partition coefficient (Wildman–Crippen LogP) is 3.03. The van der Waals surface area contributed by atoms with E-state index in [9.17, 15) is 9.59 Å². The SMILES string of the molecule is O=C(Cc1csc(NC(=O)c2ccccc2)n1)Nc1nccs1. The number of rotatable bonds is 5. The fourth-order valence-electron chi connectivity index (χ4n) is 1.82. The first-order valence-electron chi connectivity index (χ1n) is 6.71. The molecule has 23 heavy (non-hydrogen) atoms. The number of carbonyl (C=O) groups excluding carboxylic acids is 2. The molecule has 0 spiro atoms. The van der Waals surface area contributed by atoms with Crippen LogP contribution in [0, 0.1) is 0 Å². The second-order valence-electron chi connectivity index (χ2n) is 4.53. The third-order valence-electron chi connectivity index (χ3n) is 2.83. The Morgan fingerprint density at radius 3 is 2.61 bits per heavy atom. The van der Waals surface area contributed by atoms with Gasteiger partial charge in [-0.05, 0) is 12.1 Å². The number of benzene rings is 1. The number of carbonyl (C=O) groups is 2. The van der Waals surface area contributed by atoms with E-state index in [0.29, 0.717) is 21.5 Å². The fraction of sp³-hybridized carbons (Fsp3) is 0.0667. The van der Waals surface area contributed by atoms with Crippen LogP contribution in [0.3, 0.4) is 0 Å². The summed E-state index contributed by atoms with van der Waals surface area (Å²) < 4.78 is 0. The molecule has 0 aliphatic heterocycles. The summed E-state index contributed by atoms with van der Waals surface area (Å²) in [6.45, 7) is 0. The van der Waals surface area contributed by atoms with Crippen LogP contribution in [0.4, 0.5) is 10.3 Å². The molecule has 0 atom stereocenters.